The van der Waals surface area contributed by atoms with Gasteiger partial charge in [0.15, 0.2) is 0 Å². The van der Waals surface area contributed by atoms with Crippen LogP contribution in [-0.2, 0) is 9.53 Å². The van der Waals surface area contributed by atoms with Crippen LogP contribution in [0.15, 0.2) is 18.2 Å². The van der Waals surface area contributed by atoms with Crippen LogP contribution in [0.1, 0.15) is 32.6 Å². The normalized spacial score (nSPS) is 28.5. The average molecular weight is 411 g/mol. The molecular weight excluding hydrogens is 387 g/mol. The number of benzene rings is 1. The first-order valence-corrected chi connectivity index (χ1v) is 9.97. The van der Waals surface area contributed by atoms with Crippen molar-refractivity contribution < 1.29 is 23.5 Å². The number of ether oxygens (including phenoxy) is 2. The van der Waals surface area contributed by atoms with E-state index in [1.165, 1.54) is 18.2 Å². The minimum Gasteiger partial charge on any atom is -0.491 e. The Kier molecular flexibility index (Phi) is 4.89. The third-order valence-corrected chi connectivity index (χ3v) is 6.52. The van der Waals surface area contributed by atoms with Gasteiger partial charge in [0.25, 0.3) is 0 Å². The molecule has 2 aliphatic heterocycles. The molecule has 0 aromatic heterocycles. The number of hydrogen-bond donors (Lipinski definition) is 1. The molecule has 1 saturated carbocycles. The summed E-state index contributed by atoms with van der Waals surface area (Å²) in [5.74, 6) is 0.206. The molecule has 0 radical (unpaired) electrons. The lowest BCUT2D eigenvalue weighted by Gasteiger charge is -2.46. The van der Waals surface area contributed by atoms with Crippen molar-refractivity contribution in [1.82, 2.24) is 10.2 Å². The second kappa shape index (κ2) is 7.10. The predicted molar refractivity (Wildman–Crippen MR) is 101 cm³/mol. The molecule has 4 rings (SSSR count). The van der Waals surface area contributed by atoms with Crippen LogP contribution in [-0.4, -0.2) is 48.7 Å². The molecule has 1 aromatic rings. The zero-order chi connectivity index (χ0) is 19.9. The Balaban J connectivity index is 1.26. The largest absolute Gasteiger partial charge is 0.491 e. The minimum atomic E-state index is -0.392. The minimum absolute atomic E-state index is 0.0411. The monoisotopic (exact) mass is 410 g/mol. The summed E-state index contributed by atoms with van der Waals surface area (Å²) in [6.45, 7) is 4.33. The third-order valence-electron chi connectivity index (χ3n) is 6.22. The number of nitrogens with one attached hydrogen (secondary N) is 1. The number of halogens is 2. The Morgan fingerprint density at radius 1 is 1.39 bits per heavy atom. The molecule has 3 fully saturated rings. The van der Waals surface area contributed by atoms with E-state index < -0.39 is 5.82 Å². The maximum absolute atomic E-state index is 13.1. The van der Waals surface area contributed by atoms with Gasteiger partial charge in [0.2, 0.25) is 5.91 Å². The number of piperidine rings is 1. The topological polar surface area (TPSA) is 67.9 Å². The highest BCUT2D eigenvalue weighted by molar-refractivity contribution is 6.32. The van der Waals surface area contributed by atoms with Crippen LogP contribution >= 0.6 is 11.6 Å². The van der Waals surface area contributed by atoms with Crippen LogP contribution in [0.5, 0.6) is 5.75 Å². The van der Waals surface area contributed by atoms with Crippen molar-refractivity contribution in [2.24, 2.45) is 11.3 Å². The summed E-state index contributed by atoms with van der Waals surface area (Å²) in [6.07, 6.45) is 2.57. The number of carbonyl (C=O) groups excluding carboxylic acids is 2. The van der Waals surface area contributed by atoms with Crippen molar-refractivity contribution >= 4 is 23.6 Å². The Morgan fingerprint density at radius 3 is 2.71 bits per heavy atom. The van der Waals surface area contributed by atoms with Crippen molar-refractivity contribution in [2.45, 2.75) is 38.1 Å². The molecule has 8 heteroatoms. The summed E-state index contributed by atoms with van der Waals surface area (Å²) >= 11 is 6.02. The average Bonchev–Trinajstić information content (AvgIpc) is 3.02. The molecule has 1 aromatic carbocycles. The smallest absolute Gasteiger partial charge is 0.407 e. The van der Waals surface area contributed by atoms with E-state index in [4.69, 9.17) is 21.1 Å². The Bertz CT molecular complexity index is 788. The Hall–Kier alpha value is -2.02. The van der Waals surface area contributed by atoms with Gasteiger partial charge in [-0.1, -0.05) is 18.5 Å². The lowest BCUT2D eigenvalue weighted by atomic mass is 9.68. The summed E-state index contributed by atoms with van der Waals surface area (Å²) in [7, 11) is 0. The highest BCUT2D eigenvalue weighted by Crippen LogP contribution is 2.42. The first-order valence-electron chi connectivity index (χ1n) is 9.59. The van der Waals surface area contributed by atoms with Crippen molar-refractivity contribution in [3.05, 3.63) is 29.0 Å². The highest BCUT2D eigenvalue weighted by atomic mass is 35.5. The lowest BCUT2D eigenvalue weighted by Crippen LogP contribution is -2.59. The summed E-state index contributed by atoms with van der Waals surface area (Å²) in [4.78, 5) is 25.9. The number of carbonyl (C=O) groups is 2. The molecule has 2 saturated heterocycles. The maximum atomic E-state index is 13.1. The summed E-state index contributed by atoms with van der Waals surface area (Å²) in [5, 5.41) is 3.09. The fourth-order valence-corrected chi connectivity index (χ4v) is 4.51. The fourth-order valence-electron chi connectivity index (χ4n) is 4.28. The van der Waals surface area contributed by atoms with Crippen LogP contribution in [0.2, 0.25) is 5.02 Å². The molecule has 28 heavy (non-hydrogen) atoms. The molecule has 1 N–H and O–H groups in total. The van der Waals surface area contributed by atoms with Crippen molar-refractivity contribution in [2.75, 3.05) is 26.3 Å². The molecule has 1 aliphatic carbocycles. The number of rotatable bonds is 4. The van der Waals surface area contributed by atoms with Gasteiger partial charge in [-0.05, 0) is 43.9 Å². The van der Waals surface area contributed by atoms with Crippen LogP contribution in [0, 0.1) is 17.2 Å². The number of cyclic esters (lactones) is 1. The van der Waals surface area contributed by atoms with E-state index in [0.29, 0.717) is 44.9 Å². The molecule has 0 bridgehead atoms. The second-order valence-corrected chi connectivity index (χ2v) is 8.99. The molecule has 6 nitrogen and oxygen atoms in total. The Morgan fingerprint density at radius 2 is 2.11 bits per heavy atom. The first-order chi connectivity index (χ1) is 13.3. The van der Waals surface area contributed by atoms with Gasteiger partial charge < -0.3 is 19.7 Å². The molecule has 0 unspecified atom stereocenters. The standard InChI is InChI=1S/C20H24ClFN2O4/c1-19(11-27-16-3-2-14(22)8-15(16)21)4-6-24(7-5-19)17(25)13-9-20(10-13)12-28-18(26)23-20/h2-3,8,13H,4-7,9-12H2,1H3,(H,23,26)/t13-,20+. The van der Waals surface area contributed by atoms with E-state index in [9.17, 15) is 14.0 Å². The van der Waals surface area contributed by atoms with E-state index in [-0.39, 0.29) is 33.9 Å². The second-order valence-electron chi connectivity index (χ2n) is 8.59. The van der Waals surface area contributed by atoms with Crippen LogP contribution in [0.25, 0.3) is 0 Å². The zero-order valence-corrected chi connectivity index (χ0v) is 16.6. The molecular formula is C20H24ClFN2O4. The summed E-state index contributed by atoms with van der Waals surface area (Å²) < 4.78 is 23.9. The molecule has 1 spiro atoms. The summed E-state index contributed by atoms with van der Waals surface area (Å²) in [6, 6.07) is 4.11. The quantitative estimate of drug-likeness (QED) is 0.826. The van der Waals surface area contributed by atoms with Gasteiger partial charge in [-0.2, -0.15) is 0 Å². The predicted octanol–water partition coefficient (Wildman–Crippen LogP) is 3.38. The van der Waals surface area contributed by atoms with Crippen LogP contribution in [0.4, 0.5) is 9.18 Å². The van der Waals surface area contributed by atoms with E-state index in [0.717, 1.165) is 12.8 Å². The van der Waals surface area contributed by atoms with E-state index in [1.807, 2.05) is 4.90 Å². The molecule has 2 heterocycles. The van der Waals surface area contributed by atoms with Gasteiger partial charge in [-0.15, -0.1) is 0 Å². The SMILES string of the molecule is CC1(COc2ccc(F)cc2Cl)CCN(C(=O)[C@H]2C[C@]3(COC(=O)N3)C2)CC1. The van der Waals surface area contributed by atoms with Crippen molar-refractivity contribution in [3.8, 4) is 5.75 Å². The van der Waals surface area contributed by atoms with Gasteiger partial charge in [-0.3, -0.25) is 4.79 Å². The lowest BCUT2D eigenvalue weighted by molar-refractivity contribution is -0.143. The number of alkyl carbamates (subject to hydrolysis) is 1. The maximum Gasteiger partial charge on any atom is 0.407 e. The van der Waals surface area contributed by atoms with Crippen molar-refractivity contribution in [3.63, 3.8) is 0 Å². The number of likely N-dealkylation sites (tertiary alicyclic amines) is 1. The third kappa shape index (κ3) is 3.77. The molecule has 3 aliphatic rings. The molecule has 2 amide bonds. The molecule has 0 atom stereocenters. The van der Waals surface area contributed by atoms with E-state index in [2.05, 4.69) is 12.2 Å². The van der Waals surface area contributed by atoms with Gasteiger partial charge in [0.05, 0.1) is 17.2 Å². The zero-order valence-electron chi connectivity index (χ0n) is 15.8. The molecule has 152 valence electrons. The first kappa shape index (κ1) is 19.3. The van der Waals surface area contributed by atoms with E-state index in [1.54, 1.807) is 0 Å². The van der Waals surface area contributed by atoms with Crippen LogP contribution in [0.3, 0.4) is 0 Å². The van der Waals surface area contributed by atoms with Gasteiger partial charge in [0, 0.05) is 24.4 Å². The Labute approximate surface area is 168 Å². The van der Waals surface area contributed by atoms with Gasteiger partial charge >= 0.3 is 6.09 Å². The number of amides is 2. The van der Waals surface area contributed by atoms with Crippen LogP contribution < -0.4 is 10.1 Å². The summed E-state index contributed by atoms with van der Waals surface area (Å²) in [5.41, 5.74) is -0.396. The number of hydrogen-bond acceptors (Lipinski definition) is 4. The number of nitrogens with zero attached hydrogens (tertiary/aromatic N) is 1. The highest BCUT2D eigenvalue weighted by Gasteiger charge is 2.53. The van der Waals surface area contributed by atoms with Crippen molar-refractivity contribution in [1.29, 1.82) is 0 Å². The van der Waals surface area contributed by atoms with E-state index >= 15 is 0 Å². The van der Waals surface area contributed by atoms with Gasteiger partial charge in [-0.25, -0.2) is 9.18 Å². The fraction of sp³-hybridized carbons (Fsp3) is 0.600. The van der Waals surface area contributed by atoms with Gasteiger partial charge in [0.1, 0.15) is 18.2 Å².